The summed E-state index contributed by atoms with van der Waals surface area (Å²) in [5.74, 6) is 0.169. The first-order valence-electron chi connectivity index (χ1n) is 9.56. The van der Waals surface area contributed by atoms with Gasteiger partial charge in [0.25, 0.3) is 10.0 Å². The monoisotopic (exact) mass is 431 g/mol. The van der Waals surface area contributed by atoms with Crippen LogP contribution in [0.25, 0.3) is 0 Å². The van der Waals surface area contributed by atoms with Crippen molar-refractivity contribution in [3.05, 3.63) is 54.1 Å². The molecule has 0 unspecified atom stereocenters. The van der Waals surface area contributed by atoms with Crippen LogP contribution < -0.4 is 9.04 Å². The van der Waals surface area contributed by atoms with Crippen LogP contribution in [0, 0.1) is 6.92 Å². The lowest BCUT2D eigenvalue weighted by molar-refractivity contribution is -0.133. The van der Waals surface area contributed by atoms with E-state index in [-0.39, 0.29) is 17.3 Å². The maximum atomic E-state index is 13.4. The Labute approximate surface area is 176 Å². The minimum absolute atomic E-state index is 0.106. The Bertz CT molecular complexity index is 1000. The molecule has 2 aromatic carbocycles. The highest BCUT2D eigenvalue weighted by molar-refractivity contribution is 7.92. The van der Waals surface area contributed by atoms with Crippen molar-refractivity contribution in [1.82, 2.24) is 9.80 Å². The van der Waals surface area contributed by atoms with E-state index in [1.165, 1.54) is 19.2 Å². The predicted octanol–water partition coefficient (Wildman–Crippen LogP) is 1.50. The summed E-state index contributed by atoms with van der Waals surface area (Å²) < 4.78 is 33.2. The number of benzene rings is 2. The van der Waals surface area contributed by atoms with Crippen LogP contribution in [0.4, 0.5) is 5.69 Å². The van der Waals surface area contributed by atoms with E-state index < -0.39 is 10.0 Å². The lowest BCUT2D eigenvalue weighted by Crippen LogP contribution is -2.51. The zero-order chi connectivity index (χ0) is 21.7. The highest BCUT2D eigenvalue weighted by Crippen LogP contribution is 2.27. The minimum Gasteiger partial charge on any atom is -0.497 e. The van der Waals surface area contributed by atoms with Crippen molar-refractivity contribution in [3.63, 3.8) is 0 Å². The Morgan fingerprint density at radius 1 is 1.10 bits per heavy atom. The molecule has 0 spiro atoms. The maximum absolute atomic E-state index is 13.4. The van der Waals surface area contributed by atoms with Gasteiger partial charge >= 0.3 is 0 Å². The molecule has 1 aliphatic rings. The molecular formula is C21H25N3O5S. The second-order valence-electron chi connectivity index (χ2n) is 7.05. The van der Waals surface area contributed by atoms with E-state index in [4.69, 9.17) is 4.74 Å². The molecule has 1 saturated heterocycles. The lowest BCUT2D eigenvalue weighted by atomic mass is 10.2. The van der Waals surface area contributed by atoms with Crippen molar-refractivity contribution < 1.29 is 22.7 Å². The molecule has 1 aliphatic heterocycles. The molecule has 1 heterocycles. The van der Waals surface area contributed by atoms with Crippen molar-refractivity contribution in [3.8, 4) is 5.75 Å². The zero-order valence-corrected chi connectivity index (χ0v) is 17.8. The van der Waals surface area contributed by atoms with E-state index in [2.05, 4.69) is 0 Å². The van der Waals surface area contributed by atoms with Gasteiger partial charge in [-0.1, -0.05) is 23.8 Å². The number of aryl methyl sites for hydroxylation is 1. The zero-order valence-electron chi connectivity index (χ0n) is 17.0. The van der Waals surface area contributed by atoms with Crippen molar-refractivity contribution >= 4 is 28.0 Å². The van der Waals surface area contributed by atoms with E-state index in [9.17, 15) is 18.0 Å². The van der Waals surface area contributed by atoms with Gasteiger partial charge in [-0.15, -0.1) is 0 Å². The van der Waals surface area contributed by atoms with E-state index >= 15 is 0 Å². The molecule has 30 heavy (non-hydrogen) atoms. The third-order valence-corrected chi connectivity index (χ3v) is 6.83. The third-order valence-electron chi connectivity index (χ3n) is 5.05. The summed E-state index contributed by atoms with van der Waals surface area (Å²) in [5, 5.41) is 0. The second kappa shape index (κ2) is 9.17. The molecule has 160 valence electrons. The molecule has 0 atom stereocenters. The first-order chi connectivity index (χ1) is 14.3. The number of hydrogen-bond acceptors (Lipinski definition) is 5. The van der Waals surface area contributed by atoms with Crippen LogP contribution >= 0.6 is 0 Å². The normalized spacial score (nSPS) is 14.3. The Hall–Kier alpha value is -3.07. The maximum Gasteiger partial charge on any atom is 0.264 e. The molecule has 0 N–H and O–H groups in total. The van der Waals surface area contributed by atoms with Crippen molar-refractivity contribution in [2.75, 3.05) is 44.1 Å². The van der Waals surface area contributed by atoms with E-state index in [0.29, 0.717) is 37.6 Å². The Morgan fingerprint density at radius 3 is 2.37 bits per heavy atom. The van der Waals surface area contributed by atoms with Gasteiger partial charge in [0.1, 0.15) is 12.3 Å². The van der Waals surface area contributed by atoms with Gasteiger partial charge in [0.2, 0.25) is 12.3 Å². The van der Waals surface area contributed by atoms with Crippen LogP contribution in [0.15, 0.2) is 53.4 Å². The average molecular weight is 432 g/mol. The highest BCUT2D eigenvalue weighted by atomic mass is 32.2. The molecule has 1 fully saturated rings. The van der Waals surface area contributed by atoms with Crippen LogP contribution in [0.2, 0.25) is 0 Å². The predicted molar refractivity (Wildman–Crippen MR) is 113 cm³/mol. The third kappa shape index (κ3) is 4.73. The fourth-order valence-electron chi connectivity index (χ4n) is 3.22. The molecule has 2 aromatic rings. The highest BCUT2D eigenvalue weighted by Gasteiger charge is 2.30. The van der Waals surface area contributed by atoms with E-state index in [0.717, 1.165) is 16.3 Å². The first kappa shape index (κ1) is 21.6. The number of anilines is 1. The molecule has 0 saturated carbocycles. The molecule has 2 amide bonds. The molecule has 0 aromatic heterocycles. The molecule has 0 radical (unpaired) electrons. The number of ether oxygens (including phenoxy) is 1. The number of sulfonamides is 1. The number of hydrogen-bond donors (Lipinski definition) is 0. The van der Waals surface area contributed by atoms with Gasteiger partial charge in [0, 0.05) is 32.2 Å². The number of carbonyl (C=O) groups is 2. The molecule has 9 heteroatoms. The van der Waals surface area contributed by atoms with E-state index in [1.54, 1.807) is 46.2 Å². The SMILES string of the molecule is COc1cccc(N(CC(=O)N2CCN(C=O)CC2)S(=O)(=O)c2ccc(C)cc2)c1. The van der Waals surface area contributed by atoms with Crippen LogP contribution in [-0.2, 0) is 19.6 Å². The standard InChI is InChI=1S/C21H25N3O5S/c1-17-6-8-20(9-7-17)30(27,28)24(18-4-3-5-19(14-18)29-2)15-21(26)23-12-10-22(16-25)11-13-23/h3-9,14,16H,10-13,15H2,1-2H3. The van der Waals surface area contributed by atoms with Crippen LogP contribution in [0.3, 0.4) is 0 Å². The summed E-state index contributed by atoms with van der Waals surface area (Å²) in [6.07, 6.45) is 0.756. The Balaban J connectivity index is 1.92. The summed E-state index contributed by atoms with van der Waals surface area (Å²) in [6.45, 7) is 3.13. The summed E-state index contributed by atoms with van der Waals surface area (Å²) in [7, 11) is -2.49. The number of amides is 2. The largest absolute Gasteiger partial charge is 0.497 e. The lowest BCUT2D eigenvalue weighted by Gasteiger charge is -2.34. The second-order valence-corrected chi connectivity index (χ2v) is 8.91. The van der Waals surface area contributed by atoms with Gasteiger partial charge in [-0.3, -0.25) is 13.9 Å². The number of methoxy groups -OCH3 is 1. The van der Waals surface area contributed by atoms with Crippen molar-refractivity contribution in [1.29, 1.82) is 0 Å². The van der Waals surface area contributed by atoms with Gasteiger partial charge in [-0.25, -0.2) is 8.42 Å². The summed E-state index contributed by atoms with van der Waals surface area (Å²) >= 11 is 0. The Morgan fingerprint density at radius 2 is 1.77 bits per heavy atom. The van der Waals surface area contributed by atoms with Gasteiger partial charge in [0.15, 0.2) is 0 Å². The van der Waals surface area contributed by atoms with Gasteiger partial charge in [-0.05, 0) is 31.2 Å². The van der Waals surface area contributed by atoms with Crippen LogP contribution in [0.1, 0.15) is 5.56 Å². The minimum atomic E-state index is -3.98. The summed E-state index contributed by atoms with van der Waals surface area (Å²) in [4.78, 5) is 27.1. The summed E-state index contributed by atoms with van der Waals surface area (Å²) in [6, 6.07) is 13.1. The Kier molecular flexibility index (Phi) is 6.61. The number of carbonyl (C=O) groups excluding carboxylic acids is 2. The van der Waals surface area contributed by atoms with Crippen molar-refractivity contribution in [2.45, 2.75) is 11.8 Å². The molecule has 8 nitrogen and oxygen atoms in total. The van der Waals surface area contributed by atoms with E-state index in [1.807, 2.05) is 6.92 Å². The smallest absolute Gasteiger partial charge is 0.264 e. The topological polar surface area (TPSA) is 87.2 Å². The fraction of sp³-hybridized carbons (Fsp3) is 0.333. The number of rotatable bonds is 7. The number of nitrogens with zero attached hydrogens (tertiary/aromatic N) is 3. The molecular weight excluding hydrogens is 406 g/mol. The first-order valence-corrected chi connectivity index (χ1v) is 11.0. The molecule has 0 aliphatic carbocycles. The van der Waals surface area contributed by atoms with Crippen LogP contribution in [0.5, 0.6) is 5.75 Å². The quantitative estimate of drug-likeness (QED) is 0.620. The van der Waals surface area contributed by atoms with Crippen LogP contribution in [-0.4, -0.2) is 70.4 Å². The summed E-state index contributed by atoms with van der Waals surface area (Å²) in [5.41, 5.74) is 1.28. The fourth-order valence-corrected chi connectivity index (χ4v) is 4.62. The average Bonchev–Trinajstić information content (AvgIpc) is 2.77. The van der Waals surface area contributed by atoms with Gasteiger partial charge in [0.05, 0.1) is 17.7 Å². The molecule has 0 bridgehead atoms. The van der Waals surface area contributed by atoms with Crippen molar-refractivity contribution in [2.24, 2.45) is 0 Å². The number of piperazine rings is 1. The molecule has 3 rings (SSSR count). The van der Waals surface area contributed by atoms with Gasteiger partial charge < -0.3 is 14.5 Å². The van der Waals surface area contributed by atoms with Gasteiger partial charge in [-0.2, -0.15) is 0 Å².